The molecule has 5 aromatic carbocycles. The Kier molecular flexibility index (Phi) is 13.3. The van der Waals surface area contributed by atoms with E-state index in [-0.39, 0.29) is 24.3 Å². The summed E-state index contributed by atoms with van der Waals surface area (Å²) in [5, 5.41) is 14.1. The van der Waals surface area contributed by atoms with Gasteiger partial charge in [-0.3, -0.25) is 4.79 Å². The number of nitrogens with zero attached hydrogens (tertiary/aromatic N) is 8. The number of benzene rings is 5. The Hall–Kier alpha value is -6.85. The summed E-state index contributed by atoms with van der Waals surface area (Å²) in [6, 6.07) is 47.4. The Morgan fingerprint density at radius 2 is 1.42 bits per heavy atom. The number of hydrogen-bond donors (Lipinski definition) is 0. The van der Waals surface area contributed by atoms with Crippen molar-refractivity contribution in [2.45, 2.75) is 57.2 Å². The lowest BCUT2D eigenvalue weighted by Crippen LogP contribution is -2.39. The van der Waals surface area contributed by atoms with Crippen LogP contribution in [0.3, 0.4) is 0 Å². The summed E-state index contributed by atoms with van der Waals surface area (Å²) in [6.45, 7) is 2.12. The van der Waals surface area contributed by atoms with E-state index < -0.39 is 11.8 Å². The van der Waals surface area contributed by atoms with Crippen LogP contribution in [0.15, 0.2) is 149 Å². The summed E-state index contributed by atoms with van der Waals surface area (Å²) in [4.78, 5) is 37.8. The second kappa shape index (κ2) is 19.3. The molecule has 0 saturated carbocycles. The molecule has 7 rings (SSSR count). The zero-order valence-corrected chi connectivity index (χ0v) is 34.6. The number of carbonyl (C=O) groups is 1. The lowest BCUT2D eigenvalue weighted by Gasteiger charge is -2.36. The number of hydrogen-bond acceptors (Lipinski definition) is 8. The molecular weight excluding hydrogens is 749 g/mol. The molecule has 2 aromatic heterocycles. The van der Waals surface area contributed by atoms with Crippen LogP contribution in [0.25, 0.3) is 22.5 Å². The molecular formula is C49H50N8O3. The van der Waals surface area contributed by atoms with Crippen LogP contribution in [0.4, 0.5) is 5.95 Å². The summed E-state index contributed by atoms with van der Waals surface area (Å²) in [7, 11) is 5.25. The van der Waals surface area contributed by atoms with Crippen molar-refractivity contribution in [3.8, 4) is 22.5 Å². The van der Waals surface area contributed by atoms with E-state index in [4.69, 9.17) is 20.0 Å². The Bertz CT molecular complexity index is 2480. The number of rotatable bonds is 18. The Morgan fingerprint density at radius 3 is 1.97 bits per heavy atom. The number of tetrazole rings is 1. The topological polar surface area (TPSA) is 120 Å². The zero-order chi connectivity index (χ0) is 41.9. The SMILES string of the molecule is CCCCc1nc(N=CN(C)C)n(C(CCC=O)OC)c(=O)c1Cc1ccc(-c2ccccc2)c(-c2nnnn2C(c2ccccc2)(c2ccccc2)c2ccccc2)c1. The van der Waals surface area contributed by atoms with Crippen LogP contribution in [0, 0.1) is 0 Å². The highest BCUT2D eigenvalue weighted by Gasteiger charge is 2.42. The fourth-order valence-corrected chi connectivity index (χ4v) is 7.86. The summed E-state index contributed by atoms with van der Waals surface area (Å²) in [5.41, 5.74) is 6.56. The smallest absolute Gasteiger partial charge is 0.260 e. The van der Waals surface area contributed by atoms with Gasteiger partial charge in [0.2, 0.25) is 5.95 Å². The minimum atomic E-state index is -0.975. The van der Waals surface area contributed by atoms with Crippen molar-refractivity contribution in [2.24, 2.45) is 4.99 Å². The van der Waals surface area contributed by atoms with E-state index in [1.165, 1.54) is 11.7 Å². The maximum atomic E-state index is 14.9. The molecule has 0 N–H and O–H groups in total. The molecule has 0 spiro atoms. The highest BCUT2D eigenvalue weighted by atomic mass is 16.5. The van der Waals surface area contributed by atoms with Crippen LogP contribution in [0.2, 0.25) is 0 Å². The van der Waals surface area contributed by atoms with Gasteiger partial charge >= 0.3 is 0 Å². The Morgan fingerprint density at radius 1 is 0.817 bits per heavy atom. The first-order valence-electron chi connectivity index (χ1n) is 20.4. The van der Waals surface area contributed by atoms with Crippen LogP contribution in [-0.4, -0.2) is 68.5 Å². The molecule has 7 aromatic rings. The average Bonchev–Trinajstić information content (AvgIpc) is 3.78. The normalized spacial score (nSPS) is 12.1. The third kappa shape index (κ3) is 8.48. The molecule has 0 fully saturated rings. The predicted molar refractivity (Wildman–Crippen MR) is 236 cm³/mol. The standard InChI is InChI=1S/C49H50N8O3/c1-5-6-28-44-43(47(59)56(45(60-4)29-19-32-58)48(51-44)50-35-55(2)3)34-36-30-31-41(37-20-11-7-12-21-37)42(33-36)46-52-53-54-57(46)49(38-22-13-8-14-23-38,39-24-15-9-16-25-39)40-26-17-10-18-27-40/h7-18,20-27,30-33,35,45H,5-6,19,28-29,34H2,1-4H3. The van der Waals surface area contributed by atoms with Gasteiger partial charge in [-0.15, -0.1) is 5.10 Å². The van der Waals surface area contributed by atoms with Crippen molar-refractivity contribution in [1.82, 2.24) is 34.7 Å². The fraction of sp³-hybridized carbons (Fsp3) is 0.245. The van der Waals surface area contributed by atoms with Gasteiger partial charge in [0.25, 0.3) is 5.56 Å². The molecule has 11 nitrogen and oxygen atoms in total. The van der Waals surface area contributed by atoms with Crippen LogP contribution in [0.5, 0.6) is 0 Å². The van der Waals surface area contributed by atoms with Gasteiger partial charge in [0.15, 0.2) is 5.82 Å². The molecule has 2 heterocycles. The summed E-state index contributed by atoms with van der Waals surface area (Å²) in [6.07, 6.45) is 4.84. The number of carbonyl (C=O) groups excluding carboxylic acids is 1. The van der Waals surface area contributed by atoms with Crippen LogP contribution in [0.1, 0.15) is 72.3 Å². The number of ether oxygens (including phenoxy) is 1. The minimum Gasteiger partial charge on any atom is -0.369 e. The van der Waals surface area contributed by atoms with E-state index >= 15 is 0 Å². The van der Waals surface area contributed by atoms with Crippen molar-refractivity contribution in [2.75, 3.05) is 21.2 Å². The first-order valence-corrected chi connectivity index (χ1v) is 20.4. The fourth-order valence-electron chi connectivity index (χ4n) is 7.86. The van der Waals surface area contributed by atoms with Gasteiger partial charge in [0, 0.05) is 45.2 Å². The Labute approximate surface area is 351 Å². The first-order chi connectivity index (χ1) is 29.4. The monoisotopic (exact) mass is 798 g/mol. The van der Waals surface area contributed by atoms with Crippen molar-refractivity contribution in [1.29, 1.82) is 0 Å². The zero-order valence-electron chi connectivity index (χ0n) is 34.6. The summed E-state index contributed by atoms with van der Waals surface area (Å²) in [5.74, 6) is 0.787. The molecule has 0 aliphatic rings. The molecule has 1 atom stereocenters. The molecule has 0 aliphatic heterocycles. The molecule has 0 amide bonds. The Balaban J connectivity index is 1.48. The lowest BCUT2D eigenvalue weighted by molar-refractivity contribution is -0.108. The van der Waals surface area contributed by atoms with Crippen LogP contribution < -0.4 is 5.56 Å². The molecule has 1 unspecified atom stereocenters. The third-order valence-electron chi connectivity index (χ3n) is 10.7. The third-order valence-corrected chi connectivity index (χ3v) is 10.7. The van der Waals surface area contributed by atoms with E-state index in [2.05, 4.69) is 83.9 Å². The number of unbranched alkanes of at least 4 members (excludes halogenated alkanes) is 1. The van der Waals surface area contributed by atoms with Gasteiger partial charge in [-0.05, 0) is 69.1 Å². The molecule has 0 saturated heterocycles. The second-order valence-corrected chi connectivity index (χ2v) is 14.9. The van der Waals surface area contributed by atoms with Crippen molar-refractivity contribution < 1.29 is 9.53 Å². The number of aldehydes is 1. The van der Waals surface area contributed by atoms with Gasteiger partial charge in [-0.25, -0.2) is 19.2 Å². The van der Waals surface area contributed by atoms with Gasteiger partial charge in [0.1, 0.15) is 18.1 Å². The minimum absolute atomic E-state index is 0.212. The number of aryl methyl sites for hydroxylation is 1. The maximum absolute atomic E-state index is 14.9. The van der Waals surface area contributed by atoms with Gasteiger partial charge in [-0.2, -0.15) is 0 Å². The molecule has 304 valence electrons. The van der Waals surface area contributed by atoms with E-state index in [9.17, 15) is 9.59 Å². The summed E-state index contributed by atoms with van der Waals surface area (Å²) < 4.78 is 9.26. The van der Waals surface area contributed by atoms with E-state index in [0.29, 0.717) is 29.9 Å². The highest BCUT2D eigenvalue weighted by molar-refractivity contribution is 5.81. The van der Waals surface area contributed by atoms with Crippen molar-refractivity contribution >= 4 is 18.6 Å². The quantitative estimate of drug-likeness (QED) is 0.0366. The summed E-state index contributed by atoms with van der Waals surface area (Å²) >= 11 is 0. The van der Waals surface area contributed by atoms with E-state index in [0.717, 1.165) is 58.1 Å². The van der Waals surface area contributed by atoms with E-state index in [1.54, 1.807) is 11.2 Å². The molecule has 11 heteroatoms. The largest absolute Gasteiger partial charge is 0.369 e. The van der Waals surface area contributed by atoms with Gasteiger partial charge in [0.05, 0.1) is 12.0 Å². The highest BCUT2D eigenvalue weighted by Crippen LogP contribution is 2.43. The maximum Gasteiger partial charge on any atom is 0.260 e. The van der Waals surface area contributed by atoms with Crippen molar-refractivity contribution in [3.05, 3.63) is 183 Å². The number of methoxy groups -OCH3 is 1. The van der Waals surface area contributed by atoms with Crippen molar-refractivity contribution in [3.63, 3.8) is 0 Å². The van der Waals surface area contributed by atoms with Gasteiger partial charge < -0.3 is 14.4 Å². The predicted octanol–water partition coefficient (Wildman–Crippen LogP) is 8.68. The van der Waals surface area contributed by atoms with Crippen LogP contribution >= 0.6 is 0 Å². The number of aliphatic imine (C=N–C) groups is 1. The van der Waals surface area contributed by atoms with E-state index in [1.807, 2.05) is 91.6 Å². The lowest BCUT2D eigenvalue weighted by atomic mass is 9.76. The molecule has 60 heavy (non-hydrogen) atoms. The molecule has 0 aliphatic carbocycles. The van der Waals surface area contributed by atoms with Crippen LogP contribution in [-0.2, 0) is 27.9 Å². The second-order valence-electron chi connectivity index (χ2n) is 14.9. The molecule has 0 bridgehead atoms. The van der Waals surface area contributed by atoms with Gasteiger partial charge in [-0.1, -0.05) is 147 Å². The average molecular weight is 799 g/mol. The first kappa shape index (κ1) is 41.3. The number of aromatic nitrogens is 6. The molecule has 0 radical (unpaired) electrons.